The highest BCUT2D eigenvalue weighted by Gasteiger charge is 2.38. The molecule has 0 aliphatic carbocycles. The predicted octanol–water partition coefficient (Wildman–Crippen LogP) is 4.06. The van der Waals surface area contributed by atoms with Gasteiger partial charge in [-0.2, -0.15) is 13.2 Å². The van der Waals surface area contributed by atoms with Crippen LogP contribution in [0.1, 0.15) is 18.9 Å². The molecule has 2 aromatic rings. The van der Waals surface area contributed by atoms with Gasteiger partial charge in [0.1, 0.15) is 5.75 Å². The Labute approximate surface area is 170 Å². The molecular formula is C21H19F3N2O4. The lowest BCUT2D eigenvalue weighted by atomic mass is 9.99. The molecule has 2 aliphatic rings. The lowest BCUT2D eigenvalue weighted by Crippen LogP contribution is -2.50. The Balaban J connectivity index is 1.71. The van der Waals surface area contributed by atoms with Gasteiger partial charge in [0.25, 0.3) is 5.91 Å². The van der Waals surface area contributed by atoms with Crippen LogP contribution >= 0.6 is 0 Å². The fourth-order valence-corrected chi connectivity index (χ4v) is 3.63. The molecule has 1 N–H and O–H groups in total. The molecule has 2 aliphatic heterocycles. The number of carbonyl (C=O) groups excluding carboxylic acids is 1. The van der Waals surface area contributed by atoms with E-state index in [9.17, 15) is 22.8 Å². The van der Waals surface area contributed by atoms with E-state index in [0.29, 0.717) is 25.2 Å². The molecule has 9 heteroatoms. The quantitative estimate of drug-likeness (QED) is 0.808. The Morgan fingerprint density at radius 1 is 1.17 bits per heavy atom. The average molecular weight is 420 g/mol. The van der Waals surface area contributed by atoms with Crippen molar-refractivity contribution in [2.75, 3.05) is 22.9 Å². The lowest BCUT2D eigenvalue weighted by Gasteiger charge is -2.39. The fraction of sp³-hybridized carbons (Fsp3) is 0.333. The van der Waals surface area contributed by atoms with Crippen molar-refractivity contribution in [1.82, 2.24) is 0 Å². The molecule has 0 aromatic heterocycles. The van der Waals surface area contributed by atoms with Crippen LogP contribution in [0, 0.1) is 5.92 Å². The van der Waals surface area contributed by atoms with Crippen LogP contribution in [-0.2, 0) is 15.8 Å². The summed E-state index contributed by atoms with van der Waals surface area (Å²) in [6.45, 7) is 2.44. The van der Waals surface area contributed by atoms with Crippen LogP contribution in [0.15, 0.2) is 42.5 Å². The molecule has 1 unspecified atom stereocenters. The van der Waals surface area contributed by atoms with Gasteiger partial charge < -0.3 is 14.7 Å². The molecule has 158 valence electrons. The number of anilines is 3. The molecule has 4 rings (SSSR count). The van der Waals surface area contributed by atoms with Crippen LogP contribution in [0.25, 0.3) is 0 Å². The van der Waals surface area contributed by atoms with Gasteiger partial charge in [0.2, 0.25) is 0 Å². The van der Waals surface area contributed by atoms with Gasteiger partial charge in [-0.1, -0.05) is 13.0 Å². The number of hydrogen-bond donors (Lipinski definition) is 1. The van der Waals surface area contributed by atoms with E-state index in [2.05, 4.69) is 0 Å². The number of alkyl halides is 3. The van der Waals surface area contributed by atoms with Crippen LogP contribution in [0.2, 0.25) is 0 Å². The molecule has 1 amide bonds. The van der Waals surface area contributed by atoms with Gasteiger partial charge in [-0.15, -0.1) is 0 Å². The van der Waals surface area contributed by atoms with Crippen molar-refractivity contribution in [2.24, 2.45) is 5.92 Å². The molecule has 2 aromatic carbocycles. The zero-order valence-corrected chi connectivity index (χ0v) is 16.0. The number of ether oxygens (including phenoxy) is 1. The second-order valence-corrected chi connectivity index (χ2v) is 7.33. The van der Waals surface area contributed by atoms with Crippen LogP contribution in [0.4, 0.5) is 30.2 Å². The number of carboxylic acids is 1. The number of hydrogen-bond acceptors (Lipinski definition) is 4. The van der Waals surface area contributed by atoms with Crippen molar-refractivity contribution < 1.29 is 32.6 Å². The summed E-state index contributed by atoms with van der Waals surface area (Å²) in [7, 11) is 0. The normalized spacial score (nSPS) is 19.2. The number of benzene rings is 2. The van der Waals surface area contributed by atoms with E-state index in [1.165, 1.54) is 11.0 Å². The maximum atomic E-state index is 13.1. The molecule has 1 atom stereocenters. The zero-order valence-electron chi connectivity index (χ0n) is 16.0. The molecule has 1 fully saturated rings. The van der Waals surface area contributed by atoms with Gasteiger partial charge in [-0.05, 0) is 42.8 Å². The van der Waals surface area contributed by atoms with Gasteiger partial charge in [0, 0.05) is 18.8 Å². The van der Waals surface area contributed by atoms with Crippen molar-refractivity contribution in [3.8, 4) is 5.75 Å². The highest BCUT2D eigenvalue weighted by molar-refractivity contribution is 6.06. The number of carbonyl (C=O) groups is 2. The highest BCUT2D eigenvalue weighted by atomic mass is 19.4. The van der Waals surface area contributed by atoms with Crippen LogP contribution in [0.5, 0.6) is 5.75 Å². The summed E-state index contributed by atoms with van der Waals surface area (Å²) in [4.78, 5) is 27.3. The van der Waals surface area contributed by atoms with E-state index in [4.69, 9.17) is 9.84 Å². The number of fused-ring (bicyclic) bond motifs is 1. The Hall–Kier alpha value is -3.23. The van der Waals surface area contributed by atoms with Crippen LogP contribution in [-0.4, -0.2) is 36.2 Å². The first kappa shape index (κ1) is 20.1. The monoisotopic (exact) mass is 420 g/mol. The standard InChI is InChI=1S/C21H19F3N2O4/c1-2-17-19(27)26(16-7-6-13(21(22,23)24)8-18(16)30-17)15-5-3-4-14(9-15)25-10-12(11-25)20(28)29/h3-9,12,17H,2,10-11H2,1H3,(H,28,29). The van der Waals surface area contributed by atoms with Gasteiger partial charge in [0.15, 0.2) is 6.10 Å². The van der Waals surface area contributed by atoms with Crippen molar-refractivity contribution >= 4 is 28.9 Å². The van der Waals surface area contributed by atoms with Crippen LogP contribution < -0.4 is 14.5 Å². The van der Waals surface area contributed by atoms with Crippen LogP contribution in [0.3, 0.4) is 0 Å². The Kier molecular flexibility index (Phi) is 4.83. The molecule has 6 nitrogen and oxygen atoms in total. The first-order valence-electron chi connectivity index (χ1n) is 9.48. The van der Waals surface area contributed by atoms with E-state index >= 15 is 0 Å². The van der Waals surface area contributed by atoms with Crippen molar-refractivity contribution in [3.63, 3.8) is 0 Å². The van der Waals surface area contributed by atoms with E-state index in [-0.39, 0.29) is 17.3 Å². The van der Waals surface area contributed by atoms with E-state index in [1.807, 2.05) is 4.90 Å². The second-order valence-electron chi connectivity index (χ2n) is 7.33. The Morgan fingerprint density at radius 3 is 2.50 bits per heavy atom. The average Bonchev–Trinajstić information content (AvgIpc) is 2.65. The molecule has 30 heavy (non-hydrogen) atoms. The maximum Gasteiger partial charge on any atom is 0.416 e. The minimum Gasteiger partial charge on any atom is -0.481 e. The summed E-state index contributed by atoms with van der Waals surface area (Å²) in [5.74, 6) is -1.67. The number of amides is 1. The first-order chi connectivity index (χ1) is 14.2. The van der Waals surface area contributed by atoms with E-state index in [1.54, 1.807) is 31.2 Å². The summed E-state index contributed by atoms with van der Waals surface area (Å²) in [5.41, 5.74) is 0.617. The third-order valence-corrected chi connectivity index (χ3v) is 5.35. The molecule has 0 bridgehead atoms. The highest BCUT2D eigenvalue weighted by Crippen LogP contribution is 2.43. The smallest absolute Gasteiger partial charge is 0.416 e. The lowest BCUT2D eigenvalue weighted by molar-refractivity contribution is -0.142. The first-order valence-corrected chi connectivity index (χ1v) is 9.48. The third kappa shape index (κ3) is 3.44. The Bertz CT molecular complexity index is 1000. The summed E-state index contributed by atoms with van der Waals surface area (Å²) in [6, 6.07) is 10.0. The number of nitrogens with zero attached hydrogens (tertiary/aromatic N) is 2. The molecule has 0 spiro atoms. The summed E-state index contributed by atoms with van der Waals surface area (Å²) in [5, 5.41) is 9.06. The third-order valence-electron chi connectivity index (χ3n) is 5.35. The fourth-order valence-electron chi connectivity index (χ4n) is 3.63. The molecule has 1 saturated heterocycles. The summed E-state index contributed by atoms with van der Waals surface area (Å²) < 4.78 is 44.9. The zero-order chi connectivity index (χ0) is 21.6. The van der Waals surface area contributed by atoms with Gasteiger partial charge >= 0.3 is 12.1 Å². The predicted molar refractivity (Wildman–Crippen MR) is 103 cm³/mol. The summed E-state index contributed by atoms with van der Waals surface area (Å²) in [6.07, 6.45) is -5.12. The number of halogens is 3. The second kappa shape index (κ2) is 7.23. The minimum absolute atomic E-state index is 0.00318. The molecule has 0 radical (unpaired) electrons. The van der Waals surface area contributed by atoms with Gasteiger partial charge in [-0.3, -0.25) is 14.5 Å². The Morgan fingerprint density at radius 2 is 1.87 bits per heavy atom. The molecule has 2 heterocycles. The maximum absolute atomic E-state index is 13.1. The minimum atomic E-state index is -4.52. The van der Waals surface area contributed by atoms with Crippen molar-refractivity contribution in [2.45, 2.75) is 25.6 Å². The molecule has 0 saturated carbocycles. The number of carboxylic acid groups (broad SMARTS) is 1. The summed E-state index contributed by atoms with van der Waals surface area (Å²) >= 11 is 0. The van der Waals surface area contributed by atoms with Gasteiger partial charge in [0.05, 0.1) is 22.9 Å². The van der Waals surface area contributed by atoms with E-state index < -0.39 is 29.7 Å². The molecular weight excluding hydrogens is 401 g/mol. The largest absolute Gasteiger partial charge is 0.481 e. The van der Waals surface area contributed by atoms with Crippen molar-refractivity contribution in [1.29, 1.82) is 0 Å². The van der Waals surface area contributed by atoms with E-state index in [0.717, 1.165) is 17.8 Å². The van der Waals surface area contributed by atoms with Gasteiger partial charge in [-0.25, -0.2) is 0 Å². The number of rotatable bonds is 4. The van der Waals surface area contributed by atoms with Crippen molar-refractivity contribution in [3.05, 3.63) is 48.0 Å². The number of aliphatic carboxylic acids is 1. The topological polar surface area (TPSA) is 70.1 Å². The SMILES string of the molecule is CCC1Oc2cc(C(F)(F)F)ccc2N(c2cccc(N3CC(C(=O)O)C3)c2)C1=O.